The predicted octanol–water partition coefficient (Wildman–Crippen LogP) is 1.84. The van der Waals surface area contributed by atoms with Gasteiger partial charge in [0.1, 0.15) is 0 Å². The first-order valence-electron chi connectivity index (χ1n) is 3.29. The standard InChI is InChI=1S/C8H14OS/c1-3-5-8(9)7-10-6-4-2/h3-4,8-9H,1-2,5-7H2. The fourth-order valence-corrected chi connectivity index (χ4v) is 1.26. The molecule has 0 saturated heterocycles. The summed E-state index contributed by atoms with van der Waals surface area (Å²) in [6.45, 7) is 7.12. The van der Waals surface area contributed by atoms with Crippen LogP contribution in [0.3, 0.4) is 0 Å². The number of rotatable bonds is 6. The van der Waals surface area contributed by atoms with Gasteiger partial charge in [0.15, 0.2) is 0 Å². The Morgan fingerprint density at radius 3 is 2.60 bits per heavy atom. The molecule has 10 heavy (non-hydrogen) atoms. The average molecular weight is 158 g/mol. The van der Waals surface area contributed by atoms with Crippen molar-refractivity contribution in [3.63, 3.8) is 0 Å². The Hall–Kier alpha value is -0.210. The number of aliphatic hydroxyl groups is 1. The van der Waals surface area contributed by atoms with Crippen LogP contribution < -0.4 is 0 Å². The lowest BCUT2D eigenvalue weighted by Gasteiger charge is -2.04. The first kappa shape index (κ1) is 9.79. The molecule has 0 amide bonds. The van der Waals surface area contributed by atoms with Gasteiger partial charge in [-0.1, -0.05) is 12.2 Å². The number of hydrogen-bond donors (Lipinski definition) is 1. The molecule has 1 N–H and O–H groups in total. The Labute approximate surface area is 66.8 Å². The Bertz CT molecular complexity index is 101. The number of aliphatic hydroxyl groups excluding tert-OH is 1. The van der Waals surface area contributed by atoms with E-state index in [1.54, 1.807) is 17.8 Å². The van der Waals surface area contributed by atoms with Gasteiger partial charge in [0, 0.05) is 11.5 Å². The molecule has 1 nitrogen and oxygen atoms in total. The highest BCUT2D eigenvalue weighted by atomic mass is 32.2. The van der Waals surface area contributed by atoms with Crippen molar-refractivity contribution in [3.8, 4) is 0 Å². The lowest BCUT2D eigenvalue weighted by atomic mass is 10.3. The summed E-state index contributed by atoms with van der Waals surface area (Å²) in [4.78, 5) is 0. The summed E-state index contributed by atoms with van der Waals surface area (Å²) >= 11 is 1.69. The van der Waals surface area contributed by atoms with E-state index in [4.69, 9.17) is 5.11 Å². The fraction of sp³-hybridized carbons (Fsp3) is 0.500. The third kappa shape index (κ3) is 5.92. The molecule has 0 aliphatic carbocycles. The maximum atomic E-state index is 9.15. The van der Waals surface area contributed by atoms with E-state index in [0.29, 0.717) is 6.42 Å². The first-order chi connectivity index (χ1) is 4.81. The molecular weight excluding hydrogens is 144 g/mol. The summed E-state index contributed by atoms with van der Waals surface area (Å²) in [6.07, 6.45) is 4.02. The first-order valence-corrected chi connectivity index (χ1v) is 4.44. The maximum Gasteiger partial charge on any atom is 0.0664 e. The van der Waals surface area contributed by atoms with Crippen molar-refractivity contribution in [1.82, 2.24) is 0 Å². The molecule has 0 aliphatic heterocycles. The van der Waals surface area contributed by atoms with E-state index in [-0.39, 0.29) is 6.10 Å². The largest absolute Gasteiger partial charge is 0.392 e. The van der Waals surface area contributed by atoms with Crippen LogP contribution in [-0.2, 0) is 0 Å². The molecule has 0 radical (unpaired) electrons. The zero-order chi connectivity index (χ0) is 7.82. The number of hydrogen-bond acceptors (Lipinski definition) is 2. The summed E-state index contributed by atoms with van der Waals surface area (Å²) in [5.74, 6) is 1.69. The van der Waals surface area contributed by atoms with Crippen molar-refractivity contribution in [3.05, 3.63) is 25.3 Å². The van der Waals surface area contributed by atoms with Crippen LogP contribution in [0.5, 0.6) is 0 Å². The monoisotopic (exact) mass is 158 g/mol. The SMILES string of the molecule is C=CCSCC(O)CC=C. The van der Waals surface area contributed by atoms with Gasteiger partial charge >= 0.3 is 0 Å². The van der Waals surface area contributed by atoms with Crippen molar-refractivity contribution in [1.29, 1.82) is 0 Å². The summed E-state index contributed by atoms with van der Waals surface area (Å²) in [7, 11) is 0. The van der Waals surface area contributed by atoms with Crippen LogP contribution in [0.1, 0.15) is 6.42 Å². The van der Waals surface area contributed by atoms with E-state index in [9.17, 15) is 0 Å². The van der Waals surface area contributed by atoms with Crippen LogP contribution in [0.2, 0.25) is 0 Å². The highest BCUT2D eigenvalue weighted by Gasteiger charge is 1.98. The highest BCUT2D eigenvalue weighted by Crippen LogP contribution is 2.05. The summed E-state index contributed by atoms with van der Waals surface area (Å²) < 4.78 is 0. The maximum absolute atomic E-state index is 9.15. The Morgan fingerprint density at radius 2 is 2.10 bits per heavy atom. The van der Waals surface area contributed by atoms with Crippen LogP contribution in [0, 0.1) is 0 Å². The van der Waals surface area contributed by atoms with Crippen molar-refractivity contribution in [2.45, 2.75) is 12.5 Å². The topological polar surface area (TPSA) is 20.2 Å². The van der Waals surface area contributed by atoms with Crippen molar-refractivity contribution >= 4 is 11.8 Å². The van der Waals surface area contributed by atoms with E-state index in [1.807, 2.05) is 6.08 Å². The van der Waals surface area contributed by atoms with Crippen LogP contribution >= 0.6 is 11.8 Å². The molecule has 2 heteroatoms. The minimum absolute atomic E-state index is 0.234. The minimum atomic E-state index is -0.234. The third-order valence-corrected chi connectivity index (χ3v) is 2.08. The molecule has 0 aromatic heterocycles. The smallest absolute Gasteiger partial charge is 0.0664 e. The van der Waals surface area contributed by atoms with E-state index >= 15 is 0 Å². The molecule has 0 aromatic rings. The molecular formula is C8H14OS. The van der Waals surface area contributed by atoms with Gasteiger partial charge in [-0.05, 0) is 6.42 Å². The van der Waals surface area contributed by atoms with Crippen molar-refractivity contribution < 1.29 is 5.11 Å². The van der Waals surface area contributed by atoms with Gasteiger partial charge < -0.3 is 5.11 Å². The highest BCUT2D eigenvalue weighted by molar-refractivity contribution is 7.99. The van der Waals surface area contributed by atoms with E-state index in [0.717, 1.165) is 11.5 Å². The van der Waals surface area contributed by atoms with Gasteiger partial charge in [-0.25, -0.2) is 0 Å². The molecule has 0 saturated carbocycles. The van der Waals surface area contributed by atoms with Crippen LogP contribution in [0.25, 0.3) is 0 Å². The average Bonchev–Trinajstić information content (AvgIpc) is 1.89. The minimum Gasteiger partial charge on any atom is -0.392 e. The van der Waals surface area contributed by atoms with Crippen LogP contribution in [0.15, 0.2) is 25.3 Å². The molecule has 58 valence electrons. The fourth-order valence-electron chi connectivity index (χ4n) is 0.548. The lowest BCUT2D eigenvalue weighted by molar-refractivity contribution is 0.203. The van der Waals surface area contributed by atoms with Crippen molar-refractivity contribution in [2.24, 2.45) is 0 Å². The molecule has 1 unspecified atom stereocenters. The van der Waals surface area contributed by atoms with Gasteiger partial charge in [0.05, 0.1) is 6.10 Å². The van der Waals surface area contributed by atoms with E-state index in [2.05, 4.69) is 13.2 Å². The predicted molar refractivity (Wildman–Crippen MR) is 48.3 cm³/mol. The molecule has 0 aliphatic rings. The zero-order valence-corrected chi connectivity index (χ0v) is 6.94. The molecule has 0 rings (SSSR count). The van der Waals surface area contributed by atoms with Gasteiger partial charge in [-0.15, -0.1) is 13.2 Å². The van der Waals surface area contributed by atoms with Gasteiger partial charge in [-0.2, -0.15) is 11.8 Å². The number of thioether (sulfide) groups is 1. The normalized spacial score (nSPS) is 12.5. The third-order valence-electron chi connectivity index (χ3n) is 0.985. The van der Waals surface area contributed by atoms with Crippen LogP contribution in [0.4, 0.5) is 0 Å². The van der Waals surface area contributed by atoms with Crippen molar-refractivity contribution in [2.75, 3.05) is 11.5 Å². The van der Waals surface area contributed by atoms with E-state index in [1.165, 1.54) is 0 Å². The Balaban J connectivity index is 3.11. The second kappa shape index (κ2) is 6.90. The molecule has 0 aromatic carbocycles. The Morgan fingerprint density at radius 1 is 1.40 bits per heavy atom. The molecule has 0 fully saturated rings. The summed E-state index contributed by atoms with van der Waals surface area (Å²) in [6, 6.07) is 0. The summed E-state index contributed by atoms with van der Waals surface area (Å²) in [5, 5.41) is 9.15. The summed E-state index contributed by atoms with van der Waals surface area (Å²) in [5.41, 5.74) is 0. The van der Waals surface area contributed by atoms with Gasteiger partial charge in [-0.3, -0.25) is 0 Å². The molecule has 0 heterocycles. The van der Waals surface area contributed by atoms with Gasteiger partial charge in [0.2, 0.25) is 0 Å². The second-order valence-electron chi connectivity index (χ2n) is 2.00. The molecule has 0 spiro atoms. The quantitative estimate of drug-likeness (QED) is 0.470. The lowest BCUT2D eigenvalue weighted by Crippen LogP contribution is -2.07. The molecule has 0 bridgehead atoms. The second-order valence-corrected chi connectivity index (χ2v) is 3.08. The van der Waals surface area contributed by atoms with Crippen LogP contribution in [-0.4, -0.2) is 22.7 Å². The van der Waals surface area contributed by atoms with E-state index < -0.39 is 0 Å². The molecule has 1 atom stereocenters. The zero-order valence-electron chi connectivity index (χ0n) is 6.12. The van der Waals surface area contributed by atoms with Gasteiger partial charge in [0.25, 0.3) is 0 Å². The Kier molecular flexibility index (Phi) is 6.76.